The van der Waals surface area contributed by atoms with Crippen LogP contribution in [0.2, 0.25) is 0 Å². The Hall–Kier alpha value is -0.0900. The Labute approximate surface area is 92.9 Å². The molecular formula is C10H16BrNO2. The maximum atomic E-state index is 11.9. The molecule has 2 saturated heterocycles. The number of ether oxygens (including phenoxy) is 1. The summed E-state index contributed by atoms with van der Waals surface area (Å²) in [4.78, 5) is 13.9. The SMILES string of the molecule is O=C(C1CCOCC1)N1CC(CBr)C1. The highest BCUT2D eigenvalue weighted by Crippen LogP contribution is 2.24. The standard InChI is InChI=1S/C10H16BrNO2/c11-5-8-6-12(7-8)10(13)9-1-3-14-4-2-9/h8-9H,1-7H2. The van der Waals surface area contributed by atoms with Crippen molar-refractivity contribution < 1.29 is 9.53 Å². The minimum atomic E-state index is 0.236. The second kappa shape index (κ2) is 4.62. The lowest BCUT2D eigenvalue weighted by Crippen LogP contribution is -2.53. The molecule has 1 amide bonds. The molecular weight excluding hydrogens is 246 g/mol. The van der Waals surface area contributed by atoms with Gasteiger partial charge in [-0.25, -0.2) is 0 Å². The molecule has 0 aromatic rings. The minimum absolute atomic E-state index is 0.236. The molecule has 0 aliphatic carbocycles. The van der Waals surface area contributed by atoms with Crippen LogP contribution in [0.5, 0.6) is 0 Å². The number of amides is 1. The predicted octanol–water partition coefficient (Wildman–Crippen LogP) is 1.27. The van der Waals surface area contributed by atoms with E-state index in [4.69, 9.17) is 4.74 Å². The molecule has 0 saturated carbocycles. The van der Waals surface area contributed by atoms with Gasteiger partial charge >= 0.3 is 0 Å². The molecule has 2 heterocycles. The number of carbonyl (C=O) groups excluding carboxylic acids is 1. The first kappa shape index (κ1) is 10.4. The summed E-state index contributed by atoms with van der Waals surface area (Å²) < 4.78 is 5.25. The largest absolute Gasteiger partial charge is 0.381 e. The second-order valence-corrected chi connectivity index (χ2v) is 4.80. The zero-order chi connectivity index (χ0) is 9.97. The van der Waals surface area contributed by atoms with Gasteiger partial charge < -0.3 is 9.64 Å². The van der Waals surface area contributed by atoms with E-state index in [9.17, 15) is 4.79 Å². The van der Waals surface area contributed by atoms with Crippen molar-refractivity contribution in [2.24, 2.45) is 11.8 Å². The van der Waals surface area contributed by atoms with Gasteiger partial charge in [-0.2, -0.15) is 0 Å². The Kier molecular flexibility index (Phi) is 3.44. The Morgan fingerprint density at radius 2 is 2.00 bits per heavy atom. The fourth-order valence-electron chi connectivity index (χ4n) is 2.05. The van der Waals surface area contributed by atoms with Crippen molar-refractivity contribution in [2.75, 3.05) is 31.6 Å². The molecule has 2 aliphatic heterocycles. The lowest BCUT2D eigenvalue weighted by molar-refractivity contribution is -0.144. The van der Waals surface area contributed by atoms with Gasteiger partial charge in [0, 0.05) is 43.5 Å². The van der Waals surface area contributed by atoms with Crippen molar-refractivity contribution in [2.45, 2.75) is 12.8 Å². The summed E-state index contributed by atoms with van der Waals surface area (Å²) >= 11 is 3.44. The number of likely N-dealkylation sites (tertiary alicyclic amines) is 1. The third kappa shape index (κ3) is 2.11. The molecule has 2 fully saturated rings. The lowest BCUT2D eigenvalue weighted by atomic mass is 9.94. The van der Waals surface area contributed by atoms with Crippen LogP contribution in [-0.2, 0) is 9.53 Å². The first-order valence-corrected chi connectivity index (χ1v) is 6.36. The van der Waals surface area contributed by atoms with Gasteiger partial charge in [-0.15, -0.1) is 0 Å². The second-order valence-electron chi connectivity index (χ2n) is 4.15. The number of nitrogens with zero attached hydrogens (tertiary/aromatic N) is 1. The van der Waals surface area contributed by atoms with Crippen LogP contribution in [-0.4, -0.2) is 42.4 Å². The van der Waals surface area contributed by atoms with Gasteiger partial charge in [0.2, 0.25) is 5.91 Å². The van der Waals surface area contributed by atoms with E-state index in [0.717, 1.165) is 44.5 Å². The lowest BCUT2D eigenvalue weighted by Gasteiger charge is -2.41. The summed E-state index contributed by atoms with van der Waals surface area (Å²) in [7, 11) is 0. The van der Waals surface area contributed by atoms with Crippen LogP contribution in [0, 0.1) is 11.8 Å². The van der Waals surface area contributed by atoms with Crippen molar-refractivity contribution in [1.29, 1.82) is 0 Å². The van der Waals surface area contributed by atoms with Crippen molar-refractivity contribution in [1.82, 2.24) is 4.90 Å². The van der Waals surface area contributed by atoms with Crippen molar-refractivity contribution in [3.05, 3.63) is 0 Å². The quantitative estimate of drug-likeness (QED) is 0.701. The zero-order valence-corrected chi connectivity index (χ0v) is 9.83. The Morgan fingerprint density at radius 1 is 1.36 bits per heavy atom. The molecule has 0 aromatic carbocycles. The van der Waals surface area contributed by atoms with Crippen LogP contribution < -0.4 is 0 Å². The fraction of sp³-hybridized carbons (Fsp3) is 0.900. The number of hydrogen-bond donors (Lipinski definition) is 0. The zero-order valence-electron chi connectivity index (χ0n) is 8.25. The van der Waals surface area contributed by atoms with Gasteiger partial charge in [0.05, 0.1) is 0 Å². The van der Waals surface area contributed by atoms with Crippen LogP contribution in [0.15, 0.2) is 0 Å². The van der Waals surface area contributed by atoms with Gasteiger partial charge in [0.25, 0.3) is 0 Å². The number of alkyl halides is 1. The fourth-order valence-corrected chi connectivity index (χ4v) is 2.46. The van der Waals surface area contributed by atoms with E-state index in [2.05, 4.69) is 15.9 Å². The van der Waals surface area contributed by atoms with Gasteiger partial charge in [0.15, 0.2) is 0 Å². The summed E-state index contributed by atoms with van der Waals surface area (Å²) in [5.41, 5.74) is 0. The van der Waals surface area contributed by atoms with Crippen molar-refractivity contribution in [3.8, 4) is 0 Å². The molecule has 0 bridgehead atoms. The molecule has 14 heavy (non-hydrogen) atoms. The molecule has 2 aliphatic rings. The van der Waals surface area contributed by atoms with E-state index < -0.39 is 0 Å². The van der Waals surface area contributed by atoms with Crippen LogP contribution in [0.1, 0.15) is 12.8 Å². The Bertz CT molecular complexity index is 210. The van der Waals surface area contributed by atoms with Gasteiger partial charge in [-0.1, -0.05) is 15.9 Å². The van der Waals surface area contributed by atoms with Crippen LogP contribution in [0.25, 0.3) is 0 Å². The number of rotatable bonds is 2. The van der Waals surface area contributed by atoms with E-state index in [1.54, 1.807) is 0 Å². The van der Waals surface area contributed by atoms with E-state index >= 15 is 0 Å². The normalized spacial score (nSPS) is 24.8. The van der Waals surface area contributed by atoms with Crippen molar-refractivity contribution >= 4 is 21.8 Å². The number of halogens is 1. The summed E-state index contributed by atoms with van der Waals surface area (Å²) in [6, 6.07) is 0. The van der Waals surface area contributed by atoms with Crippen LogP contribution in [0.3, 0.4) is 0 Å². The third-order valence-corrected chi connectivity index (χ3v) is 3.97. The van der Waals surface area contributed by atoms with Gasteiger partial charge in [-0.05, 0) is 12.8 Å². The summed E-state index contributed by atoms with van der Waals surface area (Å²) in [6.45, 7) is 3.40. The highest BCUT2D eigenvalue weighted by molar-refractivity contribution is 9.09. The van der Waals surface area contributed by atoms with E-state index in [0.29, 0.717) is 11.8 Å². The molecule has 0 spiro atoms. The topological polar surface area (TPSA) is 29.5 Å². The first-order valence-electron chi connectivity index (χ1n) is 5.23. The van der Waals surface area contributed by atoms with E-state index in [1.807, 2.05) is 4.90 Å². The predicted molar refractivity (Wildman–Crippen MR) is 57.4 cm³/mol. The average Bonchev–Trinajstić information content (AvgIpc) is 2.17. The maximum absolute atomic E-state index is 11.9. The minimum Gasteiger partial charge on any atom is -0.381 e. The molecule has 80 valence electrons. The van der Waals surface area contributed by atoms with Gasteiger partial charge in [-0.3, -0.25) is 4.79 Å². The molecule has 0 aromatic heterocycles. The third-order valence-electron chi connectivity index (χ3n) is 3.06. The van der Waals surface area contributed by atoms with Gasteiger partial charge in [0.1, 0.15) is 0 Å². The Morgan fingerprint density at radius 3 is 2.57 bits per heavy atom. The molecule has 0 N–H and O–H groups in total. The smallest absolute Gasteiger partial charge is 0.225 e. The highest BCUT2D eigenvalue weighted by atomic mass is 79.9. The van der Waals surface area contributed by atoms with E-state index in [1.165, 1.54) is 0 Å². The molecule has 3 nitrogen and oxygen atoms in total. The number of carbonyl (C=O) groups is 1. The van der Waals surface area contributed by atoms with E-state index in [-0.39, 0.29) is 5.92 Å². The van der Waals surface area contributed by atoms with Crippen LogP contribution >= 0.6 is 15.9 Å². The summed E-state index contributed by atoms with van der Waals surface area (Å²) in [5.74, 6) is 1.27. The molecule has 2 rings (SSSR count). The molecule has 0 atom stereocenters. The van der Waals surface area contributed by atoms with Crippen LogP contribution in [0.4, 0.5) is 0 Å². The number of hydrogen-bond acceptors (Lipinski definition) is 2. The highest BCUT2D eigenvalue weighted by Gasteiger charge is 2.34. The molecule has 4 heteroatoms. The van der Waals surface area contributed by atoms with Crippen molar-refractivity contribution in [3.63, 3.8) is 0 Å². The molecule has 0 unspecified atom stereocenters. The average molecular weight is 262 g/mol. The monoisotopic (exact) mass is 261 g/mol. The first-order chi connectivity index (χ1) is 6.81. The molecule has 0 radical (unpaired) electrons. The summed E-state index contributed by atoms with van der Waals surface area (Å²) in [6.07, 6.45) is 1.82. The summed E-state index contributed by atoms with van der Waals surface area (Å²) in [5, 5.41) is 1.02. The Balaban J connectivity index is 1.78. The maximum Gasteiger partial charge on any atom is 0.225 e.